The molecule has 0 bridgehead atoms. The van der Waals surface area contributed by atoms with Crippen molar-refractivity contribution >= 4 is 27.1 Å². The van der Waals surface area contributed by atoms with Crippen LogP contribution < -0.4 is 5.32 Å². The van der Waals surface area contributed by atoms with E-state index in [0.29, 0.717) is 22.7 Å². The molecule has 0 spiro atoms. The fourth-order valence-electron chi connectivity index (χ4n) is 2.11. The lowest BCUT2D eigenvalue weighted by molar-refractivity contribution is 0.282. The Bertz CT molecular complexity index is 900. The first-order valence-electron chi connectivity index (χ1n) is 7.64. The van der Waals surface area contributed by atoms with Gasteiger partial charge in [-0.1, -0.05) is 23.4 Å². The van der Waals surface area contributed by atoms with Crippen molar-refractivity contribution in [1.29, 1.82) is 0 Å². The van der Waals surface area contributed by atoms with Crippen LogP contribution in [0.25, 0.3) is 0 Å². The van der Waals surface area contributed by atoms with Crippen molar-refractivity contribution < 1.29 is 13.5 Å². The molecule has 25 heavy (non-hydrogen) atoms. The van der Waals surface area contributed by atoms with Crippen molar-refractivity contribution in [2.24, 2.45) is 0 Å². The summed E-state index contributed by atoms with van der Waals surface area (Å²) in [6, 6.07) is 8.12. The fraction of sp³-hybridized carbons (Fsp3) is 0.278. The number of aliphatic hydroxyl groups excluding tert-OH is 1. The molecular formula is C18H19ClN2O3S. The first-order valence-corrected chi connectivity index (χ1v) is 9.91. The van der Waals surface area contributed by atoms with Gasteiger partial charge in [0, 0.05) is 30.7 Å². The largest absolute Gasteiger partial charge is 0.396 e. The number of halogens is 1. The second-order valence-corrected chi connectivity index (χ2v) is 8.06. The van der Waals surface area contributed by atoms with Crippen molar-refractivity contribution in [1.82, 2.24) is 4.98 Å². The van der Waals surface area contributed by atoms with Gasteiger partial charge in [0.25, 0.3) is 0 Å². The first kappa shape index (κ1) is 19.3. The van der Waals surface area contributed by atoms with Gasteiger partial charge in [0.2, 0.25) is 0 Å². The quantitative estimate of drug-likeness (QED) is 0.617. The lowest BCUT2D eigenvalue weighted by Gasteiger charge is -2.15. The lowest BCUT2D eigenvalue weighted by Crippen LogP contribution is -2.17. The summed E-state index contributed by atoms with van der Waals surface area (Å²) in [4.78, 5) is 4.30. The third-order valence-electron chi connectivity index (χ3n) is 3.46. The average molecular weight is 379 g/mol. The molecule has 1 aromatic carbocycles. The zero-order chi connectivity index (χ0) is 18.4. The third kappa shape index (κ3) is 5.75. The Morgan fingerprint density at radius 3 is 2.56 bits per heavy atom. The van der Waals surface area contributed by atoms with E-state index in [0.717, 1.165) is 5.69 Å². The minimum Gasteiger partial charge on any atom is -0.396 e. The van der Waals surface area contributed by atoms with Crippen LogP contribution in [0.5, 0.6) is 0 Å². The summed E-state index contributed by atoms with van der Waals surface area (Å²) in [5.74, 6) is 6.00. The maximum Gasteiger partial charge on any atom is 0.175 e. The van der Waals surface area contributed by atoms with E-state index in [1.54, 1.807) is 24.4 Å². The first-order chi connectivity index (χ1) is 11.8. The van der Waals surface area contributed by atoms with Gasteiger partial charge in [-0.2, -0.15) is 0 Å². The number of hydrogen-bond acceptors (Lipinski definition) is 5. The molecule has 1 heterocycles. The number of nitrogens with zero attached hydrogens (tertiary/aromatic N) is 1. The maximum atomic E-state index is 11.5. The predicted octanol–water partition coefficient (Wildman–Crippen LogP) is 2.72. The van der Waals surface area contributed by atoms with Crippen LogP contribution in [0, 0.1) is 11.8 Å². The molecule has 2 N–H and O–H groups in total. The summed E-state index contributed by atoms with van der Waals surface area (Å²) in [5.41, 5.74) is 2.10. The molecule has 0 unspecified atom stereocenters. The minimum atomic E-state index is -3.22. The van der Waals surface area contributed by atoms with Gasteiger partial charge in [-0.25, -0.2) is 13.4 Å². The molecule has 0 aliphatic rings. The van der Waals surface area contributed by atoms with E-state index in [2.05, 4.69) is 22.1 Å². The van der Waals surface area contributed by atoms with E-state index in [1.165, 1.54) is 18.4 Å². The number of rotatable bonds is 5. The van der Waals surface area contributed by atoms with Gasteiger partial charge in [0.15, 0.2) is 9.84 Å². The van der Waals surface area contributed by atoms with E-state index in [9.17, 15) is 8.42 Å². The summed E-state index contributed by atoms with van der Waals surface area (Å²) in [6.45, 7) is 2.03. The Morgan fingerprint density at radius 2 is 1.96 bits per heavy atom. The van der Waals surface area contributed by atoms with Crippen LogP contribution in [0.3, 0.4) is 0 Å². The monoisotopic (exact) mass is 378 g/mol. The maximum absolute atomic E-state index is 11.5. The van der Waals surface area contributed by atoms with Gasteiger partial charge in [0.05, 0.1) is 16.1 Å². The van der Waals surface area contributed by atoms with Crippen LogP contribution in [0.1, 0.15) is 24.5 Å². The van der Waals surface area contributed by atoms with Crippen molar-refractivity contribution in [3.8, 4) is 11.8 Å². The zero-order valence-corrected chi connectivity index (χ0v) is 15.5. The topological polar surface area (TPSA) is 79.3 Å². The molecule has 0 aliphatic heterocycles. The predicted molar refractivity (Wildman–Crippen MR) is 99.6 cm³/mol. The van der Waals surface area contributed by atoms with E-state index >= 15 is 0 Å². The Labute approximate surface area is 153 Å². The fourth-order valence-corrected chi connectivity index (χ4v) is 2.89. The second kappa shape index (κ2) is 8.34. The SMILES string of the molecule is C[C@@H](CCO)Nc1cc(Cl)ncc1C#Cc1ccc(S(C)(=O)=O)cc1. The van der Waals surface area contributed by atoms with Gasteiger partial charge in [-0.05, 0) is 43.7 Å². The van der Waals surface area contributed by atoms with E-state index < -0.39 is 9.84 Å². The summed E-state index contributed by atoms with van der Waals surface area (Å²) in [5, 5.41) is 12.6. The number of aromatic nitrogens is 1. The van der Waals surface area contributed by atoms with Gasteiger partial charge in [0.1, 0.15) is 5.15 Å². The third-order valence-corrected chi connectivity index (χ3v) is 4.79. The number of hydrogen-bond donors (Lipinski definition) is 2. The molecule has 0 saturated carbocycles. The number of nitrogens with one attached hydrogen (secondary N) is 1. The highest BCUT2D eigenvalue weighted by Crippen LogP contribution is 2.19. The van der Waals surface area contributed by atoms with Crippen LogP contribution in [0.4, 0.5) is 5.69 Å². The number of sulfone groups is 1. The van der Waals surface area contributed by atoms with Crippen molar-refractivity contribution in [2.75, 3.05) is 18.2 Å². The molecular weight excluding hydrogens is 360 g/mol. The summed E-state index contributed by atoms with van der Waals surface area (Å²) in [7, 11) is -3.22. The molecule has 132 valence electrons. The Hall–Kier alpha value is -2.07. The molecule has 2 rings (SSSR count). The highest BCUT2D eigenvalue weighted by molar-refractivity contribution is 7.90. The van der Waals surface area contributed by atoms with Gasteiger partial charge >= 0.3 is 0 Å². The molecule has 0 amide bonds. The minimum absolute atomic E-state index is 0.0538. The molecule has 5 nitrogen and oxygen atoms in total. The molecule has 1 aromatic heterocycles. The molecule has 0 fully saturated rings. The lowest BCUT2D eigenvalue weighted by atomic mass is 10.1. The standard InChI is InChI=1S/C18H19ClN2O3S/c1-13(9-10-22)21-17-11-18(19)20-12-15(17)6-3-14-4-7-16(8-5-14)25(2,23)24/h4-5,7-8,11-13,22H,9-10H2,1-2H3,(H,20,21)/t13-/m0/s1. The second-order valence-electron chi connectivity index (χ2n) is 5.66. The van der Waals surface area contributed by atoms with Crippen LogP contribution in [-0.4, -0.2) is 37.4 Å². The van der Waals surface area contributed by atoms with Crippen molar-refractivity contribution in [2.45, 2.75) is 24.3 Å². The van der Waals surface area contributed by atoms with Crippen molar-refractivity contribution in [3.63, 3.8) is 0 Å². The zero-order valence-electron chi connectivity index (χ0n) is 14.0. The van der Waals surface area contributed by atoms with Crippen LogP contribution >= 0.6 is 11.6 Å². The van der Waals surface area contributed by atoms with Gasteiger partial charge < -0.3 is 10.4 Å². The van der Waals surface area contributed by atoms with Crippen LogP contribution in [-0.2, 0) is 9.84 Å². The normalized spacial score (nSPS) is 12.2. The van der Waals surface area contributed by atoms with E-state index in [4.69, 9.17) is 16.7 Å². The Balaban J connectivity index is 2.27. The molecule has 0 saturated heterocycles. The van der Waals surface area contributed by atoms with Crippen LogP contribution in [0.15, 0.2) is 41.4 Å². The van der Waals surface area contributed by atoms with Gasteiger partial charge in [-0.15, -0.1) is 0 Å². The van der Waals surface area contributed by atoms with E-state index in [1.807, 2.05) is 6.92 Å². The molecule has 2 aromatic rings. The molecule has 7 heteroatoms. The highest BCUT2D eigenvalue weighted by atomic mass is 35.5. The van der Waals surface area contributed by atoms with E-state index in [-0.39, 0.29) is 17.5 Å². The number of pyridine rings is 1. The summed E-state index contributed by atoms with van der Waals surface area (Å²) < 4.78 is 22.9. The smallest absolute Gasteiger partial charge is 0.175 e. The Morgan fingerprint density at radius 1 is 1.28 bits per heavy atom. The average Bonchev–Trinajstić information content (AvgIpc) is 2.54. The van der Waals surface area contributed by atoms with Gasteiger partial charge in [-0.3, -0.25) is 0 Å². The number of benzene rings is 1. The number of aliphatic hydroxyl groups is 1. The molecule has 0 aliphatic carbocycles. The summed E-state index contributed by atoms with van der Waals surface area (Å²) in [6.07, 6.45) is 3.34. The molecule has 0 radical (unpaired) electrons. The van der Waals surface area contributed by atoms with Crippen LogP contribution in [0.2, 0.25) is 5.15 Å². The number of anilines is 1. The summed E-state index contributed by atoms with van der Waals surface area (Å²) >= 11 is 5.95. The highest BCUT2D eigenvalue weighted by Gasteiger charge is 2.07. The van der Waals surface area contributed by atoms with Crippen molar-refractivity contribution in [3.05, 3.63) is 52.8 Å². The Kier molecular flexibility index (Phi) is 6.43. The molecule has 1 atom stereocenters.